The lowest BCUT2D eigenvalue weighted by Crippen LogP contribution is -2.22. The van der Waals surface area contributed by atoms with E-state index in [9.17, 15) is 4.79 Å². The van der Waals surface area contributed by atoms with Crippen molar-refractivity contribution < 1.29 is 15.0 Å². The lowest BCUT2D eigenvalue weighted by Gasteiger charge is -2.25. The van der Waals surface area contributed by atoms with E-state index in [0.717, 1.165) is 12.8 Å². The van der Waals surface area contributed by atoms with Crippen molar-refractivity contribution in [2.45, 2.75) is 58.3 Å². The molecule has 2 N–H and O–H groups in total. The van der Waals surface area contributed by atoms with Crippen LogP contribution in [-0.4, -0.2) is 22.8 Å². The quantitative estimate of drug-likeness (QED) is 0.720. The van der Waals surface area contributed by atoms with E-state index in [0.29, 0.717) is 6.42 Å². The molecule has 1 rings (SSSR count). The van der Waals surface area contributed by atoms with Crippen molar-refractivity contribution in [3.05, 3.63) is 5.92 Å². The van der Waals surface area contributed by atoms with Crippen LogP contribution in [-0.2, 0) is 4.79 Å². The van der Waals surface area contributed by atoms with Crippen LogP contribution in [0.5, 0.6) is 0 Å². The van der Waals surface area contributed by atoms with Gasteiger partial charge in [-0.15, -0.1) is 0 Å². The maximum Gasteiger partial charge on any atom is 0.306 e. The van der Waals surface area contributed by atoms with Gasteiger partial charge in [-0.25, -0.2) is 0 Å². The Balaban J connectivity index is 2.34. The van der Waals surface area contributed by atoms with Crippen molar-refractivity contribution in [1.29, 1.82) is 0 Å². The van der Waals surface area contributed by atoms with Gasteiger partial charge in [-0.1, -0.05) is 26.2 Å². The second-order valence-electron chi connectivity index (χ2n) is 5.25. The van der Waals surface area contributed by atoms with Crippen molar-refractivity contribution in [2.24, 2.45) is 11.8 Å². The van der Waals surface area contributed by atoms with Gasteiger partial charge in [-0.3, -0.25) is 4.79 Å². The number of rotatable bonds is 7. The number of aliphatic carboxylic acids is 1. The van der Waals surface area contributed by atoms with Crippen molar-refractivity contribution in [2.75, 3.05) is 6.61 Å². The van der Waals surface area contributed by atoms with Crippen LogP contribution in [0.1, 0.15) is 58.3 Å². The van der Waals surface area contributed by atoms with Crippen molar-refractivity contribution in [3.8, 4) is 0 Å². The first-order valence-electron chi connectivity index (χ1n) is 6.82. The molecule has 3 heteroatoms. The van der Waals surface area contributed by atoms with E-state index >= 15 is 0 Å². The van der Waals surface area contributed by atoms with E-state index in [1.54, 1.807) is 12.8 Å². The first-order chi connectivity index (χ1) is 8.15. The summed E-state index contributed by atoms with van der Waals surface area (Å²) in [7, 11) is 0. The predicted octanol–water partition coefficient (Wildman–Crippen LogP) is 3.02. The maximum absolute atomic E-state index is 11.0. The molecule has 0 spiro atoms. The van der Waals surface area contributed by atoms with Gasteiger partial charge in [0.1, 0.15) is 0 Å². The van der Waals surface area contributed by atoms with Crippen LogP contribution in [0.3, 0.4) is 0 Å². The van der Waals surface area contributed by atoms with E-state index < -0.39 is 5.97 Å². The van der Waals surface area contributed by atoms with Crippen molar-refractivity contribution >= 4 is 5.97 Å². The van der Waals surface area contributed by atoms with E-state index in [-0.39, 0.29) is 18.4 Å². The molecule has 0 aromatic carbocycles. The zero-order valence-corrected chi connectivity index (χ0v) is 10.8. The van der Waals surface area contributed by atoms with Crippen LogP contribution in [0.4, 0.5) is 0 Å². The van der Waals surface area contributed by atoms with Gasteiger partial charge in [-0.05, 0) is 43.9 Å². The average Bonchev–Trinajstić information content (AvgIpc) is 2.34. The fraction of sp³-hybridized carbons (Fsp3) is 0.857. The monoisotopic (exact) mass is 241 g/mol. The minimum absolute atomic E-state index is 0.0949. The average molecular weight is 241 g/mol. The van der Waals surface area contributed by atoms with Gasteiger partial charge in [0.2, 0.25) is 0 Å². The Morgan fingerprint density at radius 3 is 2.41 bits per heavy atom. The molecule has 1 radical (unpaired) electrons. The molecule has 1 fully saturated rings. The molecule has 0 bridgehead atoms. The van der Waals surface area contributed by atoms with Crippen LogP contribution in [0, 0.1) is 17.8 Å². The van der Waals surface area contributed by atoms with Gasteiger partial charge in [0.15, 0.2) is 0 Å². The summed E-state index contributed by atoms with van der Waals surface area (Å²) >= 11 is 0. The SMILES string of the molecule is CC(C(=O)O)C(CCO)CC[C]1CCCCC1. The van der Waals surface area contributed by atoms with Crippen LogP contribution in [0.25, 0.3) is 0 Å². The minimum Gasteiger partial charge on any atom is -0.481 e. The van der Waals surface area contributed by atoms with Gasteiger partial charge < -0.3 is 10.2 Å². The third kappa shape index (κ3) is 5.07. The number of aliphatic hydroxyl groups excluding tert-OH is 1. The summed E-state index contributed by atoms with van der Waals surface area (Å²) in [6.45, 7) is 1.85. The molecule has 0 aromatic rings. The Morgan fingerprint density at radius 2 is 1.88 bits per heavy atom. The molecule has 1 aliphatic carbocycles. The summed E-state index contributed by atoms with van der Waals surface area (Å²) < 4.78 is 0. The highest BCUT2D eigenvalue weighted by atomic mass is 16.4. The number of hydrogen-bond acceptors (Lipinski definition) is 2. The summed E-state index contributed by atoms with van der Waals surface area (Å²) in [5.74, 6) is 0.645. The molecule has 0 aliphatic heterocycles. The van der Waals surface area contributed by atoms with Crippen molar-refractivity contribution in [1.82, 2.24) is 0 Å². The Kier molecular flexibility index (Phi) is 6.56. The molecule has 2 atom stereocenters. The Bertz CT molecular complexity index is 222. The first-order valence-corrected chi connectivity index (χ1v) is 6.82. The standard InChI is InChI=1S/C14H25O3/c1-11(14(16)17)13(9-10-15)8-7-12-5-3-2-4-6-12/h11,13,15H,2-10H2,1H3,(H,16,17). The molecular weight excluding hydrogens is 216 g/mol. The van der Waals surface area contributed by atoms with Crippen LogP contribution < -0.4 is 0 Å². The molecular formula is C14H25O3. The lowest BCUT2D eigenvalue weighted by molar-refractivity contribution is -0.143. The van der Waals surface area contributed by atoms with E-state index in [1.165, 1.54) is 32.1 Å². The summed E-state index contributed by atoms with van der Waals surface area (Å²) in [4.78, 5) is 11.0. The Hall–Kier alpha value is -0.570. The van der Waals surface area contributed by atoms with Gasteiger partial charge in [0.25, 0.3) is 0 Å². The Morgan fingerprint density at radius 1 is 1.24 bits per heavy atom. The summed E-state index contributed by atoms with van der Waals surface area (Å²) in [5.41, 5.74) is 0. The lowest BCUT2D eigenvalue weighted by atomic mass is 9.80. The van der Waals surface area contributed by atoms with E-state index in [4.69, 9.17) is 10.2 Å². The second kappa shape index (κ2) is 7.70. The zero-order valence-electron chi connectivity index (χ0n) is 10.8. The molecule has 2 unspecified atom stereocenters. The zero-order chi connectivity index (χ0) is 12.7. The largest absolute Gasteiger partial charge is 0.481 e. The molecule has 3 nitrogen and oxygen atoms in total. The summed E-state index contributed by atoms with van der Waals surface area (Å²) in [6, 6.07) is 0. The predicted molar refractivity (Wildman–Crippen MR) is 67.6 cm³/mol. The molecule has 0 heterocycles. The van der Waals surface area contributed by atoms with E-state index in [2.05, 4.69) is 0 Å². The highest BCUT2D eigenvalue weighted by Gasteiger charge is 2.24. The number of aliphatic hydroxyl groups is 1. The first kappa shape index (κ1) is 14.5. The van der Waals surface area contributed by atoms with E-state index in [1.807, 2.05) is 0 Å². The van der Waals surface area contributed by atoms with Gasteiger partial charge in [-0.2, -0.15) is 0 Å². The molecule has 0 aromatic heterocycles. The number of carbonyl (C=O) groups is 1. The van der Waals surface area contributed by atoms with Crippen LogP contribution in [0.2, 0.25) is 0 Å². The van der Waals surface area contributed by atoms with Crippen molar-refractivity contribution in [3.63, 3.8) is 0 Å². The van der Waals surface area contributed by atoms with Gasteiger partial charge >= 0.3 is 5.97 Å². The smallest absolute Gasteiger partial charge is 0.306 e. The number of carboxylic acids is 1. The fourth-order valence-electron chi connectivity index (χ4n) is 2.70. The highest BCUT2D eigenvalue weighted by molar-refractivity contribution is 5.69. The third-order valence-electron chi connectivity index (χ3n) is 4.03. The molecule has 0 amide bonds. The van der Waals surface area contributed by atoms with Crippen LogP contribution in [0.15, 0.2) is 0 Å². The van der Waals surface area contributed by atoms with Crippen LogP contribution >= 0.6 is 0 Å². The van der Waals surface area contributed by atoms with Gasteiger partial charge in [0.05, 0.1) is 5.92 Å². The normalized spacial score (nSPS) is 21.1. The number of carboxylic acid groups (broad SMARTS) is 1. The molecule has 17 heavy (non-hydrogen) atoms. The molecule has 1 aliphatic rings. The number of hydrogen-bond donors (Lipinski definition) is 2. The highest BCUT2D eigenvalue weighted by Crippen LogP contribution is 2.32. The minimum atomic E-state index is -0.739. The Labute approximate surface area is 104 Å². The maximum atomic E-state index is 11.0. The second-order valence-corrected chi connectivity index (χ2v) is 5.25. The summed E-state index contributed by atoms with van der Waals surface area (Å²) in [5, 5.41) is 18.0. The van der Waals surface area contributed by atoms with Gasteiger partial charge in [0, 0.05) is 6.61 Å². The molecule has 99 valence electrons. The fourth-order valence-corrected chi connectivity index (χ4v) is 2.70. The molecule has 1 saturated carbocycles. The topological polar surface area (TPSA) is 57.5 Å². The molecule has 0 saturated heterocycles. The summed E-state index contributed by atoms with van der Waals surface area (Å²) in [6.07, 6.45) is 8.99. The third-order valence-corrected chi connectivity index (χ3v) is 4.03.